The molecule has 1 aliphatic rings. The summed E-state index contributed by atoms with van der Waals surface area (Å²) in [5.41, 5.74) is 2.66. The van der Waals surface area contributed by atoms with Crippen LogP contribution in [-0.4, -0.2) is 42.9 Å². The van der Waals surface area contributed by atoms with Crippen LogP contribution >= 0.6 is 0 Å². The van der Waals surface area contributed by atoms with Gasteiger partial charge in [0, 0.05) is 16.9 Å². The molecule has 3 N–H and O–H groups in total. The van der Waals surface area contributed by atoms with Crippen molar-refractivity contribution in [2.24, 2.45) is 0 Å². The predicted molar refractivity (Wildman–Crippen MR) is 164 cm³/mol. The number of amides is 4. The Morgan fingerprint density at radius 3 is 1.86 bits per heavy atom. The fourth-order valence-electron chi connectivity index (χ4n) is 4.99. The highest BCUT2D eigenvalue weighted by Crippen LogP contribution is 2.43. The molecule has 9 nitrogen and oxygen atoms in total. The number of ether oxygens (including phenoxy) is 2. The Morgan fingerprint density at radius 1 is 0.786 bits per heavy atom. The maximum absolute atomic E-state index is 14.4. The smallest absolute Gasteiger partial charge is 0.320 e. The number of carbonyl (C=O) groups excluding carboxylic acids is 3. The highest BCUT2D eigenvalue weighted by Gasteiger charge is 2.53. The zero-order valence-electron chi connectivity index (χ0n) is 25.1. The van der Waals surface area contributed by atoms with E-state index < -0.39 is 29.7 Å². The minimum absolute atomic E-state index is 0.0782. The van der Waals surface area contributed by atoms with E-state index in [0.29, 0.717) is 22.6 Å². The lowest BCUT2D eigenvalue weighted by atomic mass is 9.87. The van der Waals surface area contributed by atoms with Gasteiger partial charge in [-0.2, -0.15) is 0 Å². The van der Waals surface area contributed by atoms with Gasteiger partial charge in [0.2, 0.25) is 5.91 Å². The van der Waals surface area contributed by atoms with E-state index in [9.17, 15) is 14.4 Å². The van der Waals surface area contributed by atoms with Crippen molar-refractivity contribution in [1.29, 1.82) is 0 Å². The Kier molecular flexibility index (Phi) is 9.65. The lowest BCUT2D eigenvalue weighted by molar-refractivity contribution is -0.176. The average molecular weight is 573 g/mol. The summed E-state index contributed by atoms with van der Waals surface area (Å²) in [5.74, 6) is -0.876. The fraction of sp³-hybridized carbons (Fsp3) is 0.364. The van der Waals surface area contributed by atoms with E-state index in [0.717, 1.165) is 11.1 Å². The number of para-hydroxylation sites is 1. The number of nitrogens with zero attached hydrogens (tertiary/aromatic N) is 1. The summed E-state index contributed by atoms with van der Waals surface area (Å²) >= 11 is 0. The normalized spacial score (nSPS) is 16.2. The molecule has 42 heavy (non-hydrogen) atoms. The molecule has 0 spiro atoms. The summed E-state index contributed by atoms with van der Waals surface area (Å²) < 4.78 is 12.0. The van der Waals surface area contributed by atoms with Gasteiger partial charge in [0.15, 0.2) is 11.8 Å². The van der Waals surface area contributed by atoms with Gasteiger partial charge in [0.25, 0.3) is 5.91 Å². The number of carbonyl (C=O) groups is 3. The Morgan fingerprint density at radius 2 is 1.31 bits per heavy atom. The summed E-state index contributed by atoms with van der Waals surface area (Å²) in [6.07, 6.45) is -1.34. The second-order valence-corrected chi connectivity index (χ2v) is 11.2. The number of fused-ring (bicyclic) bond motifs is 1. The Bertz CT molecular complexity index is 1330. The van der Waals surface area contributed by atoms with E-state index in [4.69, 9.17) is 9.47 Å². The first kappa shape index (κ1) is 30.7. The first-order valence-electron chi connectivity index (χ1n) is 14.2. The maximum Gasteiger partial charge on any atom is 0.320 e. The topological polar surface area (TPSA) is 109 Å². The summed E-state index contributed by atoms with van der Waals surface area (Å²) in [5, 5.41) is 8.57. The van der Waals surface area contributed by atoms with Crippen molar-refractivity contribution in [3.05, 3.63) is 89.5 Å². The van der Waals surface area contributed by atoms with E-state index in [1.807, 2.05) is 71.9 Å². The molecule has 0 aromatic heterocycles. The van der Waals surface area contributed by atoms with Gasteiger partial charge in [-0.15, -0.1) is 0 Å². The third kappa shape index (κ3) is 7.35. The number of benzene rings is 3. The molecule has 1 heterocycles. The molecule has 0 aliphatic carbocycles. The van der Waals surface area contributed by atoms with Crippen molar-refractivity contribution < 1.29 is 23.9 Å². The molecule has 3 aromatic rings. The van der Waals surface area contributed by atoms with Crippen molar-refractivity contribution in [1.82, 2.24) is 5.32 Å². The largest absolute Gasteiger partial charge is 0.348 e. The van der Waals surface area contributed by atoms with Crippen LogP contribution in [-0.2, 0) is 24.6 Å². The van der Waals surface area contributed by atoms with Crippen molar-refractivity contribution in [2.75, 3.05) is 22.1 Å². The highest BCUT2D eigenvalue weighted by molar-refractivity contribution is 6.12. The Balaban J connectivity index is 1.70. The number of rotatable bonds is 11. The van der Waals surface area contributed by atoms with Gasteiger partial charge >= 0.3 is 6.03 Å². The molecule has 4 amide bonds. The standard InChI is InChI=1S/C33H40N4O5/c1-21(2)41-30(42-22(3)4)20-37-28-10-8-7-9-27(28)33(31(37)39,19-29(38)34-25-15-11-23(5)12-16-25)36-32(40)35-26-17-13-24(6)14-18-26/h7-18,21-22,30H,19-20H2,1-6H3,(H,34,38)(H2,35,36,40)/t33-/m0/s1. The van der Waals surface area contributed by atoms with Crippen LogP contribution in [0.4, 0.5) is 21.9 Å². The highest BCUT2D eigenvalue weighted by atomic mass is 16.7. The van der Waals surface area contributed by atoms with E-state index in [1.54, 1.807) is 42.5 Å². The van der Waals surface area contributed by atoms with Crippen LogP contribution in [0.1, 0.15) is 50.8 Å². The molecule has 1 atom stereocenters. The zero-order chi connectivity index (χ0) is 30.4. The Labute approximate surface area is 247 Å². The van der Waals surface area contributed by atoms with Crippen LogP contribution in [0.5, 0.6) is 0 Å². The van der Waals surface area contributed by atoms with Crippen LogP contribution < -0.4 is 20.9 Å². The molecule has 1 aliphatic heterocycles. The molecular weight excluding hydrogens is 532 g/mol. The average Bonchev–Trinajstić information content (AvgIpc) is 3.13. The maximum atomic E-state index is 14.4. The number of aryl methyl sites for hydroxylation is 2. The van der Waals surface area contributed by atoms with Gasteiger partial charge in [-0.25, -0.2) is 4.79 Å². The molecule has 4 rings (SSSR count). The van der Waals surface area contributed by atoms with Crippen molar-refractivity contribution in [3.8, 4) is 0 Å². The first-order chi connectivity index (χ1) is 20.0. The molecule has 222 valence electrons. The van der Waals surface area contributed by atoms with Crippen LogP contribution in [0.2, 0.25) is 0 Å². The fourth-order valence-corrected chi connectivity index (χ4v) is 4.99. The molecule has 0 saturated carbocycles. The SMILES string of the molecule is Cc1ccc(NC(=O)C[C@@]2(NC(=O)Nc3ccc(C)cc3)C(=O)N(CC(OC(C)C)OC(C)C)c3ccccc32)cc1. The van der Waals surface area contributed by atoms with E-state index in [1.165, 1.54) is 4.90 Å². The van der Waals surface area contributed by atoms with Gasteiger partial charge in [-0.3, -0.25) is 9.59 Å². The lowest BCUT2D eigenvalue weighted by Crippen LogP contribution is -2.56. The van der Waals surface area contributed by atoms with Crippen LogP contribution in [0, 0.1) is 13.8 Å². The summed E-state index contributed by atoms with van der Waals surface area (Å²) in [6.45, 7) is 11.6. The summed E-state index contributed by atoms with van der Waals surface area (Å²) in [4.78, 5) is 42.9. The van der Waals surface area contributed by atoms with Crippen LogP contribution in [0.15, 0.2) is 72.8 Å². The third-order valence-corrected chi connectivity index (χ3v) is 6.84. The quantitative estimate of drug-likeness (QED) is 0.249. The number of urea groups is 1. The second-order valence-electron chi connectivity index (χ2n) is 11.2. The number of hydrogen-bond acceptors (Lipinski definition) is 5. The van der Waals surface area contributed by atoms with Gasteiger partial charge in [-0.05, 0) is 71.9 Å². The Hall–Kier alpha value is -4.21. The van der Waals surface area contributed by atoms with Crippen molar-refractivity contribution in [2.45, 2.75) is 72.0 Å². The molecule has 0 unspecified atom stereocenters. The molecule has 9 heteroatoms. The molecule has 0 fully saturated rings. The zero-order valence-corrected chi connectivity index (χ0v) is 25.1. The third-order valence-electron chi connectivity index (χ3n) is 6.84. The summed E-state index contributed by atoms with van der Waals surface area (Å²) in [7, 11) is 0. The van der Waals surface area contributed by atoms with Gasteiger partial charge in [0.05, 0.1) is 30.9 Å². The second kappa shape index (κ2) is 13.2. The molecule has 0 bridgehead atoms. The molecule has 0 radical (unpaired) electrons. The number of anilines is 3. The monoisotopic (exact) mass is 572 g/mol. The van der Waals surface area contributed by atoms with E-state index in [-0.39, 0.29) is 25.2 Å². The molecular formula is C33H40N4O5. The van der Waals surface area contributed by atoms with Crippen LogP contribution in [0.25, 0.3) is 0 Å². The molecule has 0 saturated heterocycles. The van der Waals surface area contributed by atoms with Crippen LogP contribution in [0.3, 0.4) is 0 Å². The van der Waals surface area contributed by atoms with E-state index in [2.05, 4.69) is 16.0 Å². The van der Waals surface area contributed by atoms with Gasteiger partial charge in [-0.1, -0.05) is 53.6 Å². The van der Waals surface area contributed by atoms with Crippen molar-refractivity contribution in [3.63, 3.8) is 0 Å². The van der Waals surface area contributed by atoms with E-state index >= 15 is 0 Å². The minimum atomic E-state index is -1.68. The number of nitrogens with one attached hydrogen (secondary N) is 3. The molecule has 3 aromatic carbocycles. The van der Waals surface area contributed by atoms with Crippen molar-refractivity contribution >= 4 is 34.9 Å². The summed E-state index contributed by atoms with van der Waals surface area (Å²) in [6, 6.07) is 21.2. The first-order valence-corrected chi connectivity index (χ1v) is 14.2. The predicted octanol–water partition coefficient (Wildman–Crippen LogP) is 5.87. The minimum Gasteiger partial charge on any atom is -0.348 e. The lowest BCUT2D eigenvalue weighted by Gasteiger charge is -2.31. The van der Waals surface area contributed by atoms with Gasteiger partial charge < -0.3 is 30.3 Å². The van der Waals surface area contributed by atoms with Gasteiger partial charge in [0.1, 0.15) is 0 Å². The number of hydrogen-bond donors (Lipinski definition) is 3.